The summed E-state index contributed by atoms with van der Waals surface area (Å²) in [7, 11) is 0. The number of anilines is 1. The van der Waals surface area contributed by atoms with Crippen molar-refractivity contribution in [2.45, 2.75) is 12.8 Å². The minimum atomic E-state index is -0.231. The van der Waals surface area contributed by atoms with Gasteiger partial charge in [-0.3, -0.25) is 9.59 Å². The van der Waals surface area contributed by atoms with Crippen molar-refractivity contribution in [2.24, 2.45) is 5.92 Å². The van der Waals surface area contributed by atoms with Crippen LogP contribution in [0.1, 0.15) is 23.2 Å². The number of ether oxygens (including phenoxy) is 1. The first-order chi connectivity index (χ1) is 14.7. The van der Waals surface area contributed by atoms with E-state index in [-0.39, 0.29) is 17.7 Å². The minimum absolute atomic E-state index is 0.0486. The molecule has 30 heavy (non-hydrogen) atoms. The van der Waals surface area contributed by atoms with E-state index < -0.39 is 0 Å². The van der Waals surface area contributed by atoms with Crippen LogP contribution in [0.2, 0.25) is 0 Å². The lowest BCUT2D eigenvalue weighted by molar-refractivity contribution is -0.121. The van der Waals surface area contributed by atoms with Gasteiger partial charge in [-0.1, -0.05) is 48.5 Å². The Morgan fingerprint density at radius 3 is 2.30 bits per heavy atom. The fourth-order valence-corrected chi connectivity index (χ4v) is 3.66. The van der Waals surface area contributed by atoms with Gasteiger partial charge in [0.15, 0.2) is 0 Å². The summed E-state index contributed by atoms with van der Waals surface area (Å²) < 4.78 is 5.95. The van der Waals surface area contributed by atoms with Crippen LogP contribution in [0.4, 0.5) is 5.69 Å². The van der Waals surface area contributed by atoms with Crippen LogP contribution in [0, 0.1) is 5.92 Å². The van der Waals surface area contributed by atoms with Gasteiger partial charge in [0, 0.05) is 18.8 Å². The van der Waals surface area contributed by atoms with Crippen molar-refractivity contribution in [3.8, 4) is 11.5 Å². The number of amides is 2. The molecule has 1 heterocycles. The number of hydrogen-bond acceptors (Lipinski definition) is 3. The van der Waals surface area contributed by atoms with Crippen LogP contribution in [0.25, 0.3) is 0 Å². The zero-order valence-electron chi connectivity index (χ0n) is 16.7. The Labute approximate surface area is 176 Å². The third kappa shape index (κ3) is 4.69. The molecule has 152 valence electrons. The lowest BCUT2D eigenvalue weighted by Gasteiger charge is -2.32. The van der Waals surface area contributed by atoms with Crippen molar-refractivity contribution in [1.29, 1.82) is 0 Å². The number of carbonyl (C=O) groups is 2. The molecule has 0 bridgehead atoms. The maximum atomic E-state index is 13.3. The summed E-state index contributed by atoms with van der Waals surface area (Å²) in [5.41, 5.74) is 1.28. The van der Waals surface area contributed by atoms with Crippen molar-refractivity contribution in [3.05, 3.63) is 90.5 Å². The van der Waals surface area contributed by atoms with Gasteiger partial charge >= 0.3 is 0 Å². The summed E-state index contributed by atoms with van der Waals surface area (Å²) in [5.74, 6) is 0.803. The molecule has 2 amide bonds. The van der Waals surface area contributed by atoms with Crippen molar-refractivity contribution >= 4 is 17.5 Å². The van der Waals surface area contributed by atoms with Crippen molar-refractivity contribution in [1.82, 2.24) is 4.90 Å². The average molecular weight is 400 g/mol. The molecule has 1 N–H and O–H groups in total. The van der Waals surface area contributed by atoms with Crippen LogP contribution in [-0.2, 0) is 4.79 Å². The third-order valence-electron chi connectivity index (χ3n) is 5.21. The Hall–Kier alpha value is -3.60. The average Bonchev–Trinajstić information content (AvgIpc) is 2.80. The van der Waals surface area contributed by atoms with Crippen molar-refractivity contribution < 1.29 is 14.3 Å². The quantitative estimate of drug-likeness (QED) is 0.658. The van der Waals surface area contributed by atoms with Crippen molar-refractivity contribution in [3.63, 3.8) is 0 Å². The second-order valence-corrected chi connectivity index (χ2v) is 7.36. The van der Waals surface area contributed by atoms with Gasteiger partial charge < -0.3 is 15.0 Å². The molecule has 1 fully saturated rings. The first-order valence-electron chi connectivity index (χ1n) is 10.2. The Morgan fingerprint density at radius 2 is 1.53 bits per heavy atom. The van der Waals surface area contributed by atoms with E-state index in [1.807, 2.05) is 72.8 Å². The second-order valence-electron chi connectivity index (χ2n) is 7.36. The summed E-state index contributed by atoms with van der Waals surface area (Å²) in [6, 6.07) is 26.0. The molecule has 5 heteroatoms. The van der Waals surface area contributed by atoms with Crippen LogP contribution in [0.5, 0.6) is 11.5 Å². The number of rotatable bonds is 5. The smallest absolute Gasteiger partial charge is 0.257 e. The molecule has 3 aromatic rings. The van der Waals surface area contributed by atoms with Gasteiger partial charge in [-0.2, -0.15) is 0 Å². The summed E-state index contributed by atoms with van der Waals surface area (Å²) in [4.78, 5) is 27.7. The predicted molar refractivity (Wildman–Crippen MR) is 117 cm³/mol. The highest BCUT2D eigenvalue weighted by molar-refractivity contribution is 5.98. The number of nitrogens with one attached hydrogen (secondary N) is 1. The van der Waals surface area contributed by atoms with Gasteiger partial charge in [0.2, 0.25) is 5.91 Å². The van der Waals surface area contributed by atoms with Crippen LogP contribution in [-0.4, -0.2) is 29.8 Å². The maximum Gasteiger partial charge on any atom is 0.257 e. The van der Waals surface area contributed by atoms with E-state index in [2.05, 4.69) is 5.32 Å². The molecule has 1 aliphatic rings. The highest BCUT2D eigenvalue weighted by Crippen LogP contribution is 2.28. The number of nitrogens with zero attached hydrogens (tertiary/aromatic N) is 1. The van der Waals surface area contributed by atoms with E-state index in [0.29, 0.717) is 30.2 Å². The van der Waals surface area contributed by atoms with Crippen LogP contribution in [0.3, 0.4) is 0 Å². The molecular weight excluding hydrogens is 376 g/mol. The molecule has 1 atom stereocenters. The molecule has 1 saturated heterocycles. The zero-order chi connectivity index (χ0) is 20.8. The summed E-state index contributed by atoms with van der Waals surface area (Å²) >= 11 is 0. The SMILES string of the molecule is O=C(Nc1ccccc1)[C@H]1CCCN(C(=O)c2ccccc2Oc2ccccc2)C1. The van der Waals surface area contributed by atoms with E-state index in [1.54, 1.807) is 17.0 Å². The molecule has 0 saturated carbocycles. The molecule has 5 nitrogen and oxygen atoms in total. The Kier molecular flexibility index (Phi) is 6.09. The number of para-hydroxylation sites is 3. The molecule has 0 radical (unpaired) electrons. The molecule has 0 aliphatic carbocycles. The highest BCUT2D eigenvalue weighted by atomic mass is 16.5. The largest absolute Gasteiger partial charge is 0.457 e. The van der Waals surface area contributed by atoms with E-state index in [9.17, 15) is 9.59 Å². The molecule has 4 rings (SSSR count). The monoisotopic (exact) mass is 400 g/mol. The number of hydrogen-bond donors (Lipinski definition) is 1. The van der Waals surface area contributed by atoms with Crippen LogP contribution >= 0.6 is 0 Å². The Balaban J connectivity index is 1.46. The van der Waals surface area contributed by atoms with Gasteiger partial charge in [0.25, 0.3) is 5.91 Å². The second kappa shape index (κ2) is 9.27. The lowest BCUT2D eigenvalue weighted by atomic mass is 9.96. The molecule has 1 aliphatic heterocycles. The lowest BCUT2D eigenvalue weighted by Crippen LogP contribution is -2.43. The van der Waals surface area contributed by atoms with E-state index in [4.69, 9.17) is 4.74 Å². The van der Waals surface area contributed by atoms with E-state index >= 15 is 0 Å². The number of benzene rings is 3. The van der Waals surface area contributed by atoms with E-state index in [1.165, 1.54) is 0 Å². The normalized spacial score (nSPS) is 16.0. The van der Waals surface area contributed by atoms with Gasteiger partial charge in [-0.05, 0) is 49.2 Å². The Morgan fingerprint density at radius 1 is 0.867 bits per heavy atom. The molecule has 0 aromatic heterocycles. The molecular formula is C25H24N2O3. The predicted octanol–water partition coefficient (Wildman–Crippen LogP) is 4.97. The number of likely N-dealkylation sites (tertiary alicyclic amines) is 1. The molecule has 0 unspecified atom stereocenters. The first kappa shape index (κ1) is 19.7. The van der Waals surface area contributed by atoms with Gasteiger partial charge in [0.05, 0.1) is 11.5 Å². The minimum Gasteiger partial charge on any atom is -0.457 e. The Bertz CT molecular complexity index is 1010. The van der Waals surface area contributed by atoms with Gasteiger partial charge in [-0.25, -0.2) is 0 Å². The van der Waals surface area contributed by atoms with Crippen molar-refractivity contribution in [2.75, 3.05) is 18.4 Å². The summed E-state index contributed by atoms with van der Waals surface area (Å²) in [6.45, 7) is 1.03. The fraction of sp³-hybridized carbons (Fsp3) is 0.200. The first-order valence-corrected chi connectivity index (χ1v) is 10.2. The fourth-order valence-electron chi connectivity index (χ4n) is 3.66. The summed E-state index contributed by atoms with van der Waals surface area (Å²) in [5, 5.41) is 2.95. The highest BCUT2D eigenvalue weighted by Gasteiger charge is 2.30. The number of piperidine rings is 1. The standard InChI is InChI=1S/C25H24N2O3/c28-24(26-20-11-3-1-4-12-20)19-10-9-17-27(18-19)25(29)22-15-7-8-16-23(22)30-21-13-5-2-6-14-21/h1-8,11-16,19H,9-10,17-18H2,(H,26,28)/t19-/m0/s1. The van der Waals surface area contributed by atoms with Crippen LogP contribution in [0.15, 0.2) is 84.9 Å². The van der Waals surface area contributed by atoms with Crippen LogP contribution < -0.4 is 10.1 Å². The maximum absolute atomic E-state index is 13.3. The third-order valence-corrected chi connectivity index (χ3v) is 5.21. The van der Waals surface area contributed by atoms with E-state index in [0.717, 1.165) is 18.5 Å². The van der Waals surface area contributed by atoms with Gasteiger partial charge in [0.1, 0.15) is 11.5 Å². The summed E-state index contributed by atoms with van der Waals surface area (Å²) in [6.07, 6.45) is 1.56. The zero-order valence-corrected chi connectivity index (χ0v) is 16.7. The molecule has 0 spiro atoms. The van der Waals surface area contributed by atoms with Gasteiger partial charge in [-0.15, -0.1) is 0 Å². The molecule has 3 aromatic carbocycles. The topological polar surface area (TPSA) is 58.6 Å². The number of carbonyl (C=O) groups excluding carboxylic acids is 2.